The number of alkyl halides is 3. The van der Waals surface area contributed by atoms with Gasteiger partial charge in [0.15, 0.2) is 5.82 Å². The number of nitrogens with one attached hydrogen (secondary N) is 2. The lowest BCUT2D eigenvalue weighted by molar-refractivity contribution is -0.137. The van der Waals surface area contributed by atoms with E-state index in [2.05, 4.69) is 32.8 Å². The predicted octanol–water partition coefficient (Wildman–Crippen LogP) is 4.20. The monoisotopic (exact) mass is 481 g/mol. The highest BCUT2D eigenvalue weighted by molar-refractivity contribution is 5.68. The normalized spacial score (nSPS) is 19.5. The number of halogens is 3. The van der Waals surface area contributed by atoms with Crippen molar-refractivity contribution in [3.05, 3.63) is 71.3 Å². The highest BCUT2D eigenvalue weighted by Crippen LogP contribution is 2.41. The van der Waals surface area contributed by atoms with Crippen LogP contribution < -0.4 is 25.6 Å². The summed E-state index contributed by atoms with van der Waals surface area (Å²) in [6.45, 7) is 4.12. The minimum atomic E-state index is -4.35. The maximum atomic E-state index is 13.1. The summed E-state index contributed by atoms with van der Waals surface area (Å²) < 4.78 is 39.4. The van der Waals surface area contributed by atoms with E-state index < -0.39 is 11.7 Å². The standard InChI is InChI=1S/C25H26F3N7/c26-25(27,28)18-7-4-8-19(15-18)33-11-13-34(14-12-33)24-29-22-21-20(31-32-22)9-10-35(23(21)30-24)16-17-5-2-1-3-6-17/h1-8,15,20,31H,9-14,16H2,(H,29,30,32). The molecule has 2 N–H and O–H groups in total. The van der Waals surface area contributed by atoms with E-state index in [-0.39, 0.29) is 6.04 Å². The molecular weight excluding hydrogens is 455 g/mol. The lowest BCUT2D eigenvalue weighted by atomic mass is 10.0. The van der Waals surface area contributed by atoms with Gasteiger partial charge in [0.1, 0.15) is 5.82 Å². The van der Waals surface area contributed by atoms with Crippen LogP contribution in [-0.4, -0.2) is 42.7 Å². The topological polar surface area (TPSA) is 59.6 Å². The molecule has 1 atom stereocenters. The molecule has 4 heterocycles. The molecule has 1 fully saturated rings. The average molecular weight is 482 g/mol. The zero-order valence-electron chi connectivity index (χ0n) is 19.1. The molecule has 0 amide bonds. The van der Waals surface area contributed by atoms with Crippen LogP contribution in [-0.2, 0) is 12.7 Å². The Kier molecular flexibility index (Phi) is 5.40. The minimum Gasteiger partial charge on any atom is -0.368 e. The third-order valence-corrected chi connectivity index (χ3v) is 6.93. The average Bonchev–Trinajstić information content (AvgIpc) is 3.30. The summed E-state index contributed by atoms with van der Waals surface area (Å²) in [6.07, 6.45) is -3.37. The molecule has 7 nitrogen and oxygen atoms in total. The van der Waals surface area contributed by atoms with Crippen molar-refractivity contribution < 1.29 is 13.2 Å². The predicted molar refractivity (Wildman–Crippen MR) is 130 cm³/mol. The van der Waals surface area contributed by atoms with Gasteiger partial charge in [-0.15, -0.1) is 0 Å². The zero-order valence-corrected chi connectivity index (χ0v) is 19.1. The summed E-state index contributed by atoms with van der Waals surface area (Å²) in [7, 11) is 0. The molecule has 182 valence electrons. The van der Waals surface area contributed by atoms with Gasteiger partial charge in [-0.05, 0) is 30.2 Å². The molecule has 0 saturated carbocycles. The molecule has 3 aliphatic heterocycles. The number of hydrogen-bond donors (Lipinski definition) is 2. The lowest BCUT2D eigenvalue weighted by Gasteiger charge is -2.37. The van der Waals surface area contributed by atoms with Crippen molar-refractivity contribution in [2.45, 2.75) is 25.2 Å². The number of aromatic nitrogens is 2. The van der Waals surface area contributed by atoms with Gasteiger partial charge >= 0.3 is 6.18 Å². The van der Waals surface area contributed by atoms with Crippen molar-refractivity contribution in [2.24, 2.45) is 0 Å². The second-order valence-corrected chi connectivity index (χ2v) is 9.15. The SMILES string of the molecule is FC(F)(F)c1cccc(N2CCN(c3nc4c5c(n3)N(Cc3ccccc3)CCC5NN4)CC2)c1. The second-order valence-electron chi connectivity index (χ2n) is 9.15. The van der Waals surface area contributed by atoms with Crippen LogP contribution in [0.4, 0.5) is 36.4 Å². The number of piperazine rings is 1. The van der Waals surface area contributed by atoms with Gasteiger partial charge in [-0.3, -0.25) is 0 Å². The summed E-state index contributed by atoms with van der Waals surface area (Å²) in [6, 6.07) is 16.1. The first-order valence-electron chi connectivity index (χ1n) is 11.9. The van der Waals surface area contributed by atoms with Gasteiger partial charge in [-0.2, -0.15) is 23.1 Å². The number of nitrogens with zero attached hydrogens (tertiary/aromatic N) is 5. The largest absolute Gasteiger partial charge is 0.416 e. The quantitative estimate of drug-likeness (QED) is 0.579. The van der Waals surface area contributed by atoms with Crippen LogP contribution in [0.15, 0.2) is 54.6 Å². The molecule has 1 saturated heterocycles. The minimum absolute atomic E-state index is 0.193. The van der Waals surface area contributed by atoms with Crippen molar-refractivity contribution in [3.63, 3.8) is 0 Å². The third-order valence-electron chi connectivity index (χ3n) is 6.93. The van der Waals surface area contributed by atoms with Crippen LogP contribution in [0, 0.1) is 0 Å². The first-order chi connectivity index (χ1) is 17.0. The van der Waals surface area contributed by atoms with Crippen LogP contribution in [0.2, 0.25) is 0 Å². The molecule has 6 rings (SSSR count). The fourth-order valence-electron chi connectivity index (χ4n) is 5.08. The van der Waals surface area contributed by atoms with Crippen LogP contribution in [0.25, 0.3) is 0 Å². The van der Waals surface area contributed by atoms with Gasteiger partial charge in [0.25, 0.3) is 0 Å². The van der Waals surface area contributed by atoms with Gasteiger partial charge in [-0.25, -0.2) is 5.43 Å². The van der Waals surface area contributed by atoms with Crippen LogP contribution >= 0.6 is 0 Å². The molecular formula is C25H26F3N7. The van der Waals surface area contributed by atoms with Crippen molar-refractivity contribution in [2.75, 3.05) is 52.8 Å². The molecule has 0 bridgehead atoms. The third kappa shape index (κ3) is 4.22. The smallest absolute Gasteiger partial charge is 0.368 e. The Morgan fingerprint density at radius 3 is 2.43 bits per heavy atom. The number of anilines is 4. The number of rotatable bonds is 4. The Hall–Kier alpha value is -3.53. The van der Waals surface area contributed by atoms with Crippen molar-refractivity contribution >= 4 is 23.3 Å². The molecule has 1 aromatic heterocycles. The maximum absolute atomic E-state index is 13.1. The zero-order chi connectivity index (χ0) is 24.0. The van der Waals surface area contributed by atoms with Gasteiger partial charge < -0.3 is 20.1 Å². The van der Waals surface area contributed by atoms with Crippen molar-refractivity contribution in [3.8, 4) is 0 Å². The van der Waals surface area contributed by atoms with E-state index in [1.807, 2.05) is 23.1 Å². The Morgan fingerprint density at radius 1 is 0.886 bits per heavy atom. The molecule has 35 heavy (non-hydrogen) atoms. The van der Waals surface area contributed by atoms with Crippen LogP contribution in [0.1, 0.15) is 29.2 Å². The van der Waals surface area contributed by atoms with E-state index >= 15 is 0 Å². The fourth-order valence-corrected chi connectivity index (χ4v) is 5.08. The van der Waals surface area contributed by atoms with Gasteiger partial charge in [0, 0.05) is 45.0 Å². The Balaban J connectivity index is 1.22. The van der Waals surface area contributed by atoms with Crippen LogP contribution in [0.3, 0.4) is 0 Å². The molecule has 10 heteroatoms. The van der Waals surface area contributed by atoms with Crippen molar-refractivity contribution in [1.29, 1.82) is 0 Å². The van der Waals surface area contributed by atoms with E-state index in [0.717, 1.165) is 42.8 Å². The second kappa shape index (κ2) is 8.60. The molecule has 0 radical (unpaired) electrons. The summed E-state index contributed by atoms with van der Waals surface area (Å²) in [4.78, 5) is 16.2. The number of hydrogen-bond acceptors (Lipinski definition) is 7. The first kappa shape index (κ1) is 22.0. The number of benzene rings is 2. The Labute approximate surface area is 201 Å². The lowest BCUT2D eigenvalue weighted by Crippen LogP contribution is -2.47. The molecule has 0 spiro atoms. The summed E-state index contributed by atoms with van der Waals surface area (Å²) in [5.74, 6) is 2.41. The molecule has 3 aliphatic rings. The van der Waals surface area contributed by atoms with E-state index in [0.29, 0.717) is 37.8 Å². The van der Waals surface area contributed by atoms with Gasteiger partial charge in [0.2, 0.25) is 5.95 Å². The molecule has 3 aromatic rings. The molecule has 1 unspecified atom stereocenters. The van der Waals surface area contributed by atoms with E-state index in [9.17, 15) is 13.2 Å². The summed E-state index contributed by atoms with van der Waals surface area (Å²) in [5, 5.41) is 0. The van der Waals surface area contributed by atoms with E-state index in [1.165, 1.54) is 17.7 Å². The summed E-state index contributed by atoms with van der Waals surface area (Å²) >= 11 is 0. The number of hydrazine groups is 1. The van der Waals surface area contributed by atoms with Gasteiger partial charge in [0.05, 0.1) is 17.2 Å². The molecule has 2 aromatic carbocycles. The fraction of sp³-hybridized carbons (Fsp3) is 0.360. The molecule has 0 aliphatic carbocycles. The Bertz CT molecular complexity index is 1210. The highest BCUT2D eigenvalue weighted by Gasteiger charge is 2.36. The first-order valence-corrected chi connectivity index (χ1v) is 11.9. The van der Waals surface area contributed by atoms with Crippen molar-refractivity contribution in [1.82, 2.24) is 15.4 Å². The van der Waals surface area contributed by atoms with Gasteiger partial charge in [-0.1, -0.05) is 36.4 Å². The maximum Gasteiger partial charge on any atom is 0.416 e. The van der Waals surface area contributed by atoms with Crippen LogP contribution in [0.5, 0.6) is 0 Å². The highest BCUT2D eigenvalue weighted by atomic mass is 19.4. The van der Waals surface area contributed by atoms with E-state index in [4.69, 9.17) is 9.97 Å². The summed E-state index contributed by atoms with van der Waals surface area (Å²) in [5.41, 5.74) is 8.87. The van der Waals surface area contributed by atoms with E-state index in [1.54, 1.807) is 6.07 Å². The Morgan fingerprint density at radius 2 is 1.66 bits per heavy atom.